The summed E-state index contributed by atoms with van der Waals surface area (Å²) in [5, 5.41) is 8.63. The van der Waals surface area contributed by atoms with Crippen LogP contribution in [-0.4, -0.2) is 42.6 Å². The number of ketones is 1. The van der Waals surface area contributed by atoms with Crippen LogP contribution in [0.5, 0.6) is 0 Å². The van der Waals surface area contributed by atoms with E-state index in [-0.39, 0.29) is 35.6 Å². The third-order valence-corrected chi connectivity index (χ3v) is 5.35. The maximum absolute atomic E-state index is 12.1. The molecule has 1 rings (SSSR count). The lowest BCUT2D eigenvalue weighted by Crippen LogP contribution is -2.39. The second kappa shape index (κ2) is 17.7. The molecule has 7 heteroatoms. The van der Waals surface area contributed by atoms with E-state index < -0.39 is 0 Å². The van der Waals surface area contributed by atoms with Crippen LogP contribution in [-0.2, 0) is 19.2 Å². The van der Waals surface area contributed by atoms with E-state index in [2.05, 4.69) is 16.0 Å². The lowest BCUT2D eigenvalue weighted by Gasteiger charge is -2.29. The zero-order valence-electron chi connectivity index (χ0n) is 20.4. The molecule has 7 nitrogen and oxygen atoms in total. The molecular weight excluding hydrogens is 394 g/mol. The Balaban J connectivity index is 0.00000436. The van der Waals surface area contributed by atoms with Gasteiger partial charge >= 0.3 is 0 Å². The summed E-state index contributed by atoms with van der Waals surface area (Å²) in [6.45, 7) is 11.0. The quantitative estimate of drug-likeness (QED) is 0.382. The Hall–Kier alpha value is -1.92. The largest absolute Gasteiger partial charge is 0.356 e. The fraction of sp³-hybridized carbons (Fsp3) is 0.833. The number of nitrogens with one attached hydrogen (secondary N) is 3. The summed E-state index contributed by atoms with van der Waals surface area (Å²) in [6.07, 6.45) is 6.48. The molecule has 3 N–H and O–H groups in total. The molecule has 0 aromatic heterocycles. The van der Waals surface area contributed by atoms with Crippen molar-refractivity contribution in [2.75, 3.05) is 13.1 Å². The molecule has 1 saturated carbocycles. The molecule has 31 heavy (non-hydrogen) atoms. The van der Waals surface area contributed by atoms with Crippen LogP contribution < -0.4 is 16.0 Å². The van der Waals surface area contributed by atoms with E-state index in [1.165, 1.54) is 0 Å². The lowest BCUT2D eigenvalue weighted by atomic mass is 9.80. The van der Waals surface area contributed by atoms with Crippen molar-refractivity contribution in [3.63, 3.8) is 0 Å². The van der Waals surface area contributed by atoms with Crippen molar-refractivity contribution in [1.82, 2.24) is 16.0 Å². The Bertz CT molecular complexity index is 541. The van der Waals surface area contributed by atoms with Gasteiger partial charge in [-0.15, -0.1) is 0 Å². The molecule has 0 saturated heterocycles. The molecule has 1 aliphatic rings. The number of carbonyl (C=O) groups excluding carboxylic acids is 4. The van der Waals surface area contributed by atoms with E-state index in [1.54, 1.807) is 0 Å². The summed E-state index contributed by atoms with van der Waals surface area (Å²) in [5.41, 5.74) is 0. The van der Waals surface area contributed by atoms with Crippen LogP contribution >= 0.6 is 0 Å². The molecular formula is C24H45N3O4. The number of Topliss-reactive ketones (excluding diaryl/α,β-unsaturated/α-hetero) is 1. The minimum atomic E-state index is -0.0838. The van der Waals surface area contributed by atoms with Gasteiger partial charge in [0, 0.05) is 50.2 Å². The summed E-state index contributed by atoms with van der Waals surface area (Å²) >= 11 is 0. The highest BCUT2D eigenvalue weighted by molar-refractivity contribution is 5.83. The Kier molecular flexibility index (Phi) is 16.6. The first-order chi connectivity index (χ1) is 14.8. The van der Waals surface area contributed by atoms with E-state index in [4.69, 9.17) is 0 Å². The van der Waals surface area contributed by atoms with Crippen LogP contribution in [0.4, 0.5) is 0 Å². The number of rotatable bonds is 13. The second-order valence-electron chi connectivity index (χ2n) is 8.33. The first-order valence-electron chi connectivity index (χ1n) is 12.2. The average molecular weight is 440 g/mol. The number of carbonyl (C=O) groups is 4. The molecule has 0 aromatic rings. The van der Waals surface area contributed by atoms with E-state index in [1.807, 2.05) is 34.6 Å². The van der Waals surface area contributed by atoms with Crippen molar-refractivity contribution in [1.29, 1.82) is 0 Å². The molecule has 0 aromatic carbocycles. The van der Waals surface area contributed by atoms with Crippen molar-refractivity contribution in [3.05, 3.63) is 0 Å². The van der Waals surface area contributed by atoms with Crippen molar-refractivity contribution in [3.8, 4) is 0 Å². The van der Waals surface area contributed by atoms with Crippen LogP contribution in [0.2, 0.25) is 0 Å². The smallest absolute Gasteiger partial charge is 0.220 e. The van der Waals surface area contributed by atoms with Crippen molar-refractivity contribution in [2.24, 2.45) is 11.8 Å². The fourth-order valence-electron chi connectivity index (χ4n) is 3.62. The summed E-state index contributed by atoms with van der Waals surface area (Å²) in [5.74, 6) is 0.464. The van der Waals surface area contributed by atoms with Gasteiger partial charge < -0.3 is 16.0 Å². The SMILES string of the molecule is CC.CCCNC(=O)CCCNC(=O)CCCC(=O)NC1CCC(C(=O)C(C)C)CC1. The van der Waals surface area contributed by atoms with E-state index in [0.29, 0.717) is 51.0 Å². The van der Waals surface area contributed by atoms with E-state index in [9.17, 15) is 19.2 Å². The molecule has 0 unspecified atom stereocenters. The zero-order valence-corrected chi connectivity index (χ0v) is 20.4. The van der Waals surface area contributed by atoms with Gasteiger partial charge in [-0.3, -0.25) is 19.2 Å². The third-order valence-electron chi connectivity index (χ3n) is 5.35. The minimum absolute atomic E-state index is 0.0142. The van der Waals surface area contributed by atoms with Crippen LogP contribution in [0.3, 0.4) is 0 Å². The van der Waals surface area contributed by atoms with Gasteiger partial charge in [0.1, 0.15) is 5.78 Å². The molecule has 0 aliphatic heterocycles. The van der Waals surface area contributed by atoms with Gasteiger partial charge in [-0.1, -0.05) is 34.6 Å². The predicted molar refractivity (Wildman–Crippen MR) is 124 cm³/mol. The Labute approximate surface area is 188 Å². The lowest BCUT2D eigenvalue weighted by molar-refractivity contribution is -0.127. The third kappa shape index (κ3) is 13.9. The van der Waals surface area contributed by atoms with Crippen molar-refractivity contribution < 1.29 is 19.2 Å². The maximum atomic E-state index is 12.1. The highest BCUT2D eigenvalue weighted by Crippen LogP contribution is 2.27. The Morgan fingerprint density at radius 2 is 1.29 bits per heavy atom. The summed E-state index contributed by atoms with van der Waals surface area (Å²) < 4.78 is 0. The molecule has 0 atom stereocenters. The monoisotopic (exact) mass is 439 g/mol. The van der Waals surface area contributed by atoms with Gasteiger partial charge in [0.15, 0.2) is 0 Å². The molecule has 3 amide bonds. The number of hydrogen-bond donors (Lipinski definition) is 3. The van der Waals surface area contributed by atoms with Crippen molar-refractivity contribution >= 4 is 23.5 Å². The molecule has 0 bridgehead atoms. The fourth-order valence-corrected chi connectivity index (χ4v) is 3.62. The van der Waals surface area contributed by atoms with Crippen LogP contribution in [0.1, 0.15) is 98.8 Å². The average Bonchev–Trinajstić information content (AvgIpc) is 2.76. The van der Waals surface area contributed by atoms with Crippen LogP contribution in [0, 0.1) is 11.8 Å². The maximum Gasteiger partial charge on any atom is 0.220 e. The molecule has 1 aliphatic carbocycles. The second-order valence-corrected chi connectivity index (χ2v) is 8.33. The molecule has 0 heterocycles. The summed E-state index contributed by atoms with van der Waals surface area (Å²) in [7, 11) is 0. The topological polar surface area (TPSA) is 104 Å². The Morgan fingerprint density at radius 3 is 1.84 bits per heavy atom. The van der Waals surface area contributed by atoms with E-state index >= 15 is 0 Å². The molecule has 180 valence electrons. The van der Waals surface area contributed by atoms with Crippen molar-refractivity contribution in [2.45, 2.75) is 105 Å². The molecule has 1 fully saturated rings. The normalized spacial score (nSPS) is 17.9. The minimum Gasteiger partial charge on any atom is -0.356 e. The Morgan fingerprint density at radius 1 is 0.774 bits per heavy atom. The van der Waals surface area contributed by atoms with Gasteiger partial charge in [-0.05, 0) is 44.9 Å². The van der Waals surface area contributed by atoms with Gasteiger partial charge in [-0.25, -0.2) is 0 Å². The van der Waals surface area contributed by atoms with Gasteiger partial charge in [0.05, 0.1) is 0 Å². The van der Waals surface area contributed by atoms with E-state index in [0.717, 1.165) is 32.1 Å². The summed E-state index contributed by atoms with van der Waals surface area (Å²) in [6, 6.07) is 0.145. The highest BCUT2D eigenvalue weighted by Gasteiger charge is 2.28. The number of amides is 3. The predicted octanol–water partition coefficient (Wildman–Crippen LogP) is 3.51. The first-order valence-corrected chi connectivity index (χ1v) is 12.2. The number of hydrogen-bond acceptors (Lipinski definition) is 4. The summed E-state index contributed by atoms with van der Waals surface area (Å²) in [4.78, 5) is 47.4. The van der Waals surface area contributed by atoms with Gasteiger partial charge in [-0.2, -0.15) is 0 Å². The zero-order chi connectivity index (χ0) is 23.6. The molecule has 0 radical (unpaired) electrons. The van der Waals surface area contributed by atoms with Crippen LogP contribution in [0.25, 0.3) is 0 Å². The van der Waals surface area contributed by atoms with Gasteiger partial charge in [0.25, 0.3) is 0 Å². The highest BCUT2D eigenvalue weighted by atomic mass is 16.2. The standard InChI is InChI=1S/C22H39N3O4.C2H6/c1-4-14-23-20(27)9-6-15-24-19(26)7-5-8-21(28)25-18-12-10-17(11-13-18)22(29)16(2)3;1-2/h16-18H,4-15H2,1-3H3,(H,23,27)(H,24,26)(H,25,28);1-2H3. The molecule has 0 spiro atoms. The first kappa shape index (κ1) is 29.1. The van der Waals surface area contributed by atoms with Gasteiger partial charge in [0.2, 0.25) is 17.7 Å². The van der Waals surface area contributed by atoms with Crippen LogP contribution in [0.15, 0.2) is 0 Å².